The number of nitrogens with one attached hydrogen (secondary N) is 3. The predicted octanol–water partition coefficient (Wildman–Crippen LogP) is 6.40. The van der Waals surface area contributed by atoms with E-state index in [0.717, 1.165) is 0 Å². The van der Waals surface area contributed by atoms with Crippen LogP contribution in [-0.2, 0) is 9.59 Å². The lowest BCUT2D eigenvalue weighted by Crippen LogP contribution is -2.30. The average Bonchev–Trinajstić information content (AvgIpc) is 3.00. The molecule has 0 radical (unpaired) electrons. The Morgan fingerprint density at radius 3 is 2.37 bits per heavy atom. The van der Waals surface area contributed by atoms with Gasteiger partial charge in [-0.15, -0.1) is 11.8 Å². The van der Waals surface area contributed by atoms with E-state index in [-0.39, 0.29) is 23.0 Å². The highest BCUT2D eigenvalue weighted by molar-refractivity contribution is 8.00. The molecule has 43 heavy (non-hydrogen) atoms. The summed E-state index contributed by atoms with van der Waals surface area (Å²) < 4.78 is 5.26. The third-order valence-electron chi connectivity index (χ3n) is 5.84. The van der Waals surface area contributed by atoms with Gasteiger partial charge in [0.2, 0.25) is 5.91 Å². The Bertz CT molecular complexity index is 1680. The number of carbonyl (C=O) groups excluding carboxylic acids is 3. The number of methoxy groups -OCH3 is 1. The zero-order chi connectivity index (χ0) is 30.8. The Morgan fingerprint density at radius 1 is 0.930 bits per heavy atom. The number of amides is 3. The molecule has 3 N–H and O–H groups in total. The van der Waals surface area contributed by atoms with Gasteiger partial charge in [0, 0.05) is 33.3 Å². The number of ether oxygens (including phenoxy) is 1. The zero-order valence-corrected chi connectivity index (χ0v) is 24.3. The third kappa shape index (κ3) is 8.93. The number of rotatable bonds is 11. The van der Waals surface area contributed by atoms with E-state index in [9.17, 15) is 24.5 Å². The monoisotopic (exact) mass is 616 g/mol. The smallest absolute Gasteiger partial charge is 0.272 e. The van der Waals surface area contributed by atoms with Gasteiger partial charge in [-0.25, -0.2) is 0 Å². The molecule has 0 heterocycles. The number of carbonyl (C=O) groups is 3. The molecule has 0 aromatic heterocycles. The molecule has 0 saturated heterocycles. The first kappa shape index (κ1) is 30.8. The van der Waals surface area contributed by atoms with Crippen LogP contribution in [0.5, 0.6) is 5.75 Å². The quantitative estimate of drug-likeness (QED) is 0.0767. The summed E-state index contributed by atoms with van der Waals surface area (Å²) in [5, 5.41) is 19.6. The van der Waals surface area contributed by atoms with Crippen LogP contribution in [-0.4, -0.2) is 35.5 Å². The number of nitro groups is 1. The summed E-state index contributed by atoms with van der Waals surface area (Å²) in [7, 11) is 1.49. The second kappa shape index (κ2) is 14.7. The molecule has 0 bridgehead atoms. The van der Waals surface area contributed by atoms with Gasteiger partial charge in [-0.3, -0.25) is 24.5 Å². The van der Waals surface area contributed by atoms with Crippen molar-refractivity contribution in [3.8, 4) is 5.75 Å². The van der Waals surface area contributed by atoms with Crippen LogP contribution in [0.4, 0.5) is 17.1 Å². The third-order valence-corrected chi connectivity index (χ3v) is 7.07. The summed E-state index contributed by atoms with van der Waals surface area (Å²) in [6.45, 7) is 0. The maximum Gasteiger partial charge on any atom is 0.272 e. The Balaban J connectivity index is 1.47. The van der Waals surface area contributed by atoms with E-state index < -0.39 is 16.7 Å². The highest BCUT2D eigenvalue weighted by atomic mass is 35.5. The molecule has 0 fully saturated rings. The highest BCUT2D eigenvalue weighted by Crippen LogP contribution is 2.28. The van der Waals surface area contributed by atoms with Crippen molar-refractivity contribution in [1.82, 2.24) is 5.32 Å². The van der Waals surface area contributed by atoms with Gasteiger partial charge in [0.05, 0.1) is 23.5 Å². The lowest BCUT2D eigenvalue weighted by Gasteiger charge is -2.12. The maximum atomic E-state index is 13.3. The van der Waals surface area contributed by atoms with Crippen LogP contribution < -0.4 is 20.7 Å². The summed E-state index contributed by atoms with van der Waals surface area (Å²) in [6.07, 6.45) is 1.42. The molecule has 0 aliphatic heterocycles. The van der Waals surface area contributed by atoms with E-state index in [1.54, 1.807) is 72.8 Å². The molecule has 10 nitrogen and oxygen atoms in total. The fourth-order valence-electron chi connectivity index (χ4n) is 3.78. The first-order valence-electron chi connectivity index (χ1n) is 12.7. The summed E-state index contributed by atoms with van der Waals surface area (Å²) in [5.41, 5.74) is 1.51. The number of nitro benzene ring substituents is 1. The molecule has 0 saturated carbocycles. The van der Waals surface area contributed by atoms with E-state index in [1.165, 1.54) is 49.2 Å². The first-order chi connectivity index (χ1) is 20.7. The molecule has 0 aliphatic carbocycles. The van der Waals surface area contributed by atoms with Crippen molar-refractivity contribution in [2.45, 2.75) is 4.90 Å². The summed E-state index contributed by atoms with van der Waals surface area (Å²) >= 11 is 7.29. The lowest BCUT2D eigenvalue weighted by atomic mass is 10.1. The summed E-state index contributed by atoms with van der Waals surface area (Å²) in [5.74, 6) is -0.849. The van der Waals surface area contributed by atoms with Crippen LogP contribution >= 0.6 is 23.4 Å². The number of hydrogen-bond acceptors (Lipinski definition) is 7. The fraction of sp³-hybridized carbons (Fsp3) is 0.0645. The highest BCUT2D eigenvalue weighted by Gasteiger charge is 2.16. The molecule has 0 unspecified atom stereocenters. The van der Waals surface area contributed by atoms with Gasteiger partial charge in [-0.1, -0.05) is 35.9 Å². The molecule has 4 rings (SSSR count). The molecule has 218 valence electrons. The van der Waals surface area contributed by atoms with E-state index in [1.807, 2.05) is 0 Å². The molecule has 0 atom stereocenters. The van der Waals surface area contributed by atoms with Gasteiger partial charge < -0.3 is 20.7 Å². The first-order valence-corrected chi connectivity index (χ1v) is 14.1. The predicted molar refractivity (Wildman–Crippen MR) is 167 cm³/mol. The van der Waals surface area contributed by atoms with Crippen LogP contribution in [0, 0.1) is 10.1 Å². The molecule has 4 aromatic carbocycles. The second-order valence-electron chi connectivity index (χ2n) is 8.89. The maximum absolute atomic E-state index is 13.3. The Morgan fingerprint density at radius 2 is 1.67 bits per heavy atom. The molecular weight excluding hydrogens is 592 g/mol. The Hall–Kier alpha value is -5.13. The number of nitrogens with zero attached hydrogens (tertiary/aromatic N) is 1. The van der Waals surface area contributed by atoms with E-state index in [0.29, 0.717) is 38.2 Å². The zero-order valence-electron chi connectivity index (χ0n) is 22.7. The SMILES string of the molecule is COc1ccc(Cl)cc1NC(=O)CSc1cccc(NC(=O)/C(=C\c2ccc([N+](=O)[O-])cc2)NC(=O)c2ccccc2)c1. The Kier molecular flexibility index (Phi) is 10.5. The van der Waals surface area contributed by atoms with E-state index in [4.69, 9.17) is 16.3 Å². The Labute approximate surface area is 256 Å². The van der Waals surface area contributed by atoms with Crippen LogP contribution in [0.3, 0.4) is 0 Å². The molecule has 4 aromatic rings. The van der Waals surface area contributed by atoms with Crippen molar-refractivity contribution in [3.05, 3.63) is 129 Å². The normalized spacial score (nSPS) is 10.9. The average molecular weight is 617 g/mol. The van der Waals surface area contributed by atoms with Crippen molar-refractivity contribution < 1.29 is 24.0 Å². The van der Waals surface area contributed by atoms with Gasteiger partial charge in [-0.2, -0.15) is 0 Å². The van der Waals surface area contributed by atoms with Crippen molar-refractivity contribution in [2.75, 3.05) is 23.5 Å². The number of non-ortho nitro benzene ring substituents is 1. The minimum atomic E-state index is -0.615. The van der Waals surface area contributed by atoms with Gasteiger partial charge in [0.15, 0.2) is 0 Å². The number of hydrogen-bond donors (Lipinski definition) is 3. The van der Waals surface area contributed by atoms with Crippen LogP contribution in [0.2, 0.25) is 5.02 Å². The molecular formula is C31H25ClN4O6S. The second-order valence-corrected chi connectivity index (χ2v) is 10.4. The van der Waals surface area contributed by atoms with Gasteiger partial charge in [-0.05, 0) is 72.3 Å². The fourth-order valence-corrected chi connectivity index (χ4v) is 4.70. The summed E-state index contributed by atoms with van der Waals surface area (Å²) in [4.78, 5) is 50.0. The van der Waals surface area contributed by atoms with Crippen molar-refractivity contribution in [1.29, 1.82) is 0 Å². The van der Waals surface area contributed by atoms with Crippen molar-refractivity contribution in [2.24, 2.45) is 0 Å². The minimum absolute atomic E-state index is 0.0735. The topological polar surface area (TPSA) is 140 Å². The number of benzene rings is 4. The largest absolute Gasteiger partial charge is 0.495 e. The molecule has 12 heteroatoms. The standard InChI is InChI=1S/C31H25ClN4O6S/c1-42-28-15-12-22(32)17-26(28)34-29(37)19-43-25-9-5-8-23(18-25)33-31(39)27(35-30(38)21-6-3-2-4-7-21)16-20-10-13-24(14-11-20)36(40)41/h2-18H,19H2,1H3,(H,33,39)(H,34,37)(H,35,38)/b27-16+. The summed E-state index contributed by atoms with van der Waals surface area (Å²) in [6, 6.07) is 25.7. The van der Waals surface area contributed by atoms with Crippen molar-refractivity contribution in [3.63, 3.8) is 0 Å². The number of thioether (sulfide) groups is 1. The van der Waals surface area contributed by atoms with Crippen molar-refractivity contribution >= 4 is 64.2 Å². The lowest BCUT2D eigenvalue weighted by molar-refractivity contribution is -0.384. The van der Waals surface area contributed by atoms with Gasteiger partial charge in [0.1, 0.15) is 11.4 Å². The molecule has 0 spiro atoms. The molecule has 3 amide bonds. The number of anilines is 2. The van der Waals surface area contributed by atoms with Crippen LogP contribution in [0.1, 0.15) is 15.9 Å². The van der Waals surface area contributed by atoms with Gasteiger partial charge >= 0.3 is 0 Å². The molecule has 0 aliphatic rings. The van der Waals surface area contributed by atoms with Gasteiger partial charge in [0.25, 0.3) is 17.5 Å². The van der Waals surface area contributed by atoms with Crippen LogP contribution in [0.25, 0.3) is 6.08 Å². The minimum Gasteiger partial charge on any atom is -0.495 e. The van der Waals surface area contributed by atoms with E-state index in [2.05, 4.69) is 16.0 Å². The number of halogens is 1. The van der Waals surface area contributed by atoms with E-state index >= 15 is 0 Å². The van der Waals surface area contributed by atoms with Crippen LogP contribution in [0.15, 0.2) is 108 Å².